The molecule has 1 aliphatic carbocycles. The van der Waals surface area contributed by atoms with Crippen LogP contribution >= 0.6 is 11.3 Å². The van der Waals surface area contributed by atoms with Crippen molar-refractivity contribution in [2.45, 2.75) is 45.6 Å². The van der Waals surface area contributed by atoms with E-state index in [-0.39, 0.29) is 11.9 Å². The lowest BCUT2D eigenvalue weighted by atomic mass is 9.71. The first-order valence-corrected chi connectivity index (χ1v) is 7.94. The van der Waals surface area contributed by atoms with Gasteiger partial charge in [-0.05, 0) is 32.8 Å². The van der Waals surface area contributed by atoms with Crippen LogP contribution in [0.5, 0.6) is 0 Å². The molecular formula is C15H20N2O3S. The number of carbonyl (C=O) groups excluding carboxylic acids is 1. The minimum atomic E-state index is -0.876. The number of aliphatic carboxylic acids is 1. The Morgan fingerprint density at radius 2 is 2.29 bits per heavy atom. The van der Waals surface area contributed by atoms with Gasteiger partial charge in [0.1, 0.15) is 0 Å². The highest BCUT2D eigenvalue weighted by Gasteiger charge is 2.43. The van der Waals surface area contributed by atoms with Crippen molar-refractivity contribution in [1.29, 1.82) is 0 Å². The molecule has 2 atom stereocenters. The van der Waals surface area contributed by atoms with Gasteiger partial charge in [-0.3, -0.25) is 9.59 Å². The van der Waals surface area contributed by atoms with Gasteiger partial charge < -0.3 is 10.4 Å². The molecule has 5 nitrogen and oxygen atoms in total. The maximum Gasteiger partial charge on any atom is 0.311 e. The van der Waals surface area contributed by atoms with E-state index in [0.717, 1.165) is 23.5 Å². The van der Waals surface area contributed by atoms with Crippen molar-refractivity contribution in [1.82, 2.24) is 10.3 Å². The van der Waals surface area contributed by atoms with Crippen molar-refractivity contribution in [3.05, 3.63) is 22.2 Å². The van der Waals surface area contributed by atoms with Gasteiger partial charge in [-0.25, -0.2) is 4.98 Å². The third-order valence-electron chi connectivity index (χ3n) is 4.06. The number of hydrogen-bond acceptors (Lipinski definition) is 4. The van der Waals surface area contributed by atoms with E-state index in [9.17, 15) is 14.7 Å². The lowest BCUT2D eigenvalue weighted by Gasteiger charge is -2.38. The number of carbonyl (C=O) groups is 2. The van der Waals surface area contributed by atoms with Gasteiger partial charge in [-0.2, -0.15) is 0 Å². The van der Waals surface area contributed by atoms with E-state index in [0.29, 0.717) is 12.8 Å². The van der Waals surface area contributed by atoms with Crippen molar-refractivity contribution < 1.29 is 14.7 Å². The molecule has 2 N–H and O–H groups in total. The van der Waals surface area contributed by atoms with Gasteiger partial charge in [0, 0.05) is 17.5 Å². The third-order valence-corrected chi connectivity index (χ3v) is 4.85. The molecule has 0 aliphatic heterocycles. The minimum absolute atomic E-state index is 0.264. The summed E-state index contributed by atoms with van der Waals surface area (Å²) in [5, 5.41) is 15.1. The highest BCUT2D eigenvalue weighted by atomic mass is 32.1. The monoisotopic (exact) mass is 308 g/mol. The number of amides is 1. The van der Waals surface area contributed by atoms with Crippen molar-refractivity contribution >= 4 is 29.3 Å². The molecule has 2 rings (SSSR count). The zero-order valence-electron chi connectivity index (χ0n) is 12.3. The summed E-state index contributed by atoms with van der Waals surface area (Å²) in [5.41, 5.74) is -0.129. The zero-order chi connectivity index (χ0) is 15.5. The molecule has 1 fully saturated rings. The highest BCUT2D eigenvalue weighted by molar-refractivity contribution is 7.09. The Morgan fingerprint density at radius 1 is 1.52 bits per heavy atom. The van der Waals surface area contributed by atoms with Gasteiger partial charge in [-0.15, -0.1) is 11.3 Å². The summed E-state index contributed by atoms with van der Waals surface area (Å²) in [6.07, 6.45) is 6.22. The van der Waals surface area contributed by atoms with E-state index in [4.69, 9.17) is 0 Å². The molecule has 2 unspecified atom stereocenters. The number of aryl methyl sites for hydroxylation is 1. The topological polar surface area (TPSA) is 79.3 Å². The second-order valence-corrected chi connectivity index (χ2v) is 6.72. The normalized spacial score (nSPS) is 25.9. The van der Waals surface area contributed by atoms with Crippen LogP contribution in [0.25, 0.3) is 6.08 Å². The molecule has 114 valence electrons. The summed E-state index contributed by atoms with van der Waals surface area (Å²) in [4.78, 5) is 27.7. The minimum Gasteiger partial charge on any atom is -0.481 e. The summed E-state index contributed by atoms with van der Waals surface area (Å²) in [6.45, 7) is 3.62. The number of nitrogens with zero attached hydrogens (tertiary/aromatic N) is 1. The molecule has 0 bridgehead atoms. The Morgan fingerprint density at radius 3 is 2.90 bits per heavy atom. The first kappa shape index (κ1) is 15.7. The van der Waals surface area contributed by atoms with Crippen molar-refractivity contribution in [3.63, 3.8) is 0 Å². The standard InChI is InChI=1S/C15H20N2O3S/c1-10-16-11(9-21-10)6-7-13(18)17-12-5-3-4-8-15(12,2)14(19)20/h6-7,9,12H,3-5,8H2,1-2H3,(H,17,18)(H,19,20)/b7-6+. The van der Waals surface area contributed by atoms with E-state index in [2.05, 4.69) is 10.3 Å². The number of thiazole rings is 1. The van der Waals surface area contributed by atoms with Crippen LogP contribution in [0.2, 0.25) is 0 Å². The average molecular weight is 308 g/mol. The Balaban J connectivity index is 2.00. The van der Waals surface area contributed by atoms with Crippen LogP contribution in [0, 0.1) is 12.3 Å². The van der Waals surface area contributed by atoms with Crippen LogP contribution in [-0.4, -0.2) is 28.0 Å². The lowest BCUT2D eigenvalue weighted by Crippen LogP contribution is -2.51. The molecule has 1 aromatic heterocycles. The molecule has 6 heteroatoms. The van der Waals surface area contributed by atoms with Crippen LogP contribution in [0.1, 0.15) is 43.3 Å². The van der Waals surface area contributed by atoms with E-state index < -0.39 is 11.4 Å². The zero-order valence-corrected chi connectivity index (χ0v) is 13.1. The Bertz CT molecular complexity index is 567. The number of aromatic nitrogens is 1. The van der Waals surface area contributed by atoms with Crippen molar-refractivity contribution in [3.8, 4) is 0 Å². The van der Waals surface area contributed by atoms with Crippen LogP contribution in [0.15, 0.2) is 11.5 Å². The quantitative estimate of drug-likeness (QED) is 0.838. The highest BCUT2D eigenvalue weighted by Crippen LogP contribution is 2.36. The third kappa shape index (κ3) is 3.69. The van der Waals surface area contributed by atoms with Gasteiger partial charge >= 0.3 is 5.97 Å². The second kappa shape index (κ2) is 6.39. The molecule has 1 aromatic rings. The predicted octanol–water partition coefficient (Wildman–Crippen LogP) is 2.61. The summed E-state index contributed by atoms with van der Waals surface area (Å²) >= 11 is 1.52. The maximum atomic E-state index is 12.0. The molecule has 1 heterocycles. The van der Waals surface area contributed by atoms with Crippen molar-refractivity contribution in [2.75, 3.05) is 0 Å². The van der Waals surface area contributed by atoms with E-state index in [1.54, 1.807) is 13.0 Å². The Kier molecular flexibility index (Phi) is 4.77. The van der Waals surface area contributed by atoms with E-state index in [1.165, 1.54) is 17.4 Å². The first-order chi connectivity index (χ1) is 9.91. The summed E-state index contributed by atoms with van der Waals surface area (Å²) in [6, 6.07) is -0.321. The molecule has 0 saturated heterocycles. The predicted molar refractivity (Wildman–Crippen MR) is 82.0 cm³/mol. The molecular weight excluding hydrogens is 288 g/mol. The molecule has 1 aliphatic rings. The Hall–Kier alpha value is -1.69. The van der Waals surface area contributed by atoms with Gasteiger partial charge in [0.25, 0.3) is 0 Å². The lowest BCUT2D eigenvalue weighted by molar-refractivity contribution is -0.151. The largest absolute Gasteiger partial charge is 0.481 e. The molecule has 0 radical (unpaired) electrons. The summed E-state index contributed by atoms with van der Waals surface area (Å²) in [7, 11) is 0. The van der Waals surface area contributed by atoms with E-state index in [1.807, 2.05) is 12.3 Å². The smallest absolute Gasteiger partial charge is 0.311 e. The number of hydrogen-bond donors (Lipinski definition) is 2. The molecule has 21 heavy (non-hydrogen) atoms. The number of carboxylic acids is 1. The summed E-state index contributed by atoms with van der Waals surface area (Å²) in [5.74, 6) is -1.10. The fourth-order valence-corrected chi connectivity index (χ4v) is 3.24. The number of carboxylic acid groups (broad SMARTS) is 1. The van der Waals surface area contributed by atoms with Gasteiger partial charge in [0.2, 0.25) is 5.91 Å². The molecule has 0 spiro atoms. The number of rotatable bonds is 4. The molecule has 1 saturated carbocycles. The van der Waals surface area contributed by atoms with Crippen LogP contribution in [0.4, 0.5) is 0 Å². The number of nitrogens with one attached hydrogen (secondary N) is 1. The summed E-state index contributed by atoms with van der Waals surface area (Å²) < 4.78 is 0. The fourth-order valence-electron chi connectivity index (χ4n) is 2.66. The Labute approximate surface area is 128 Å². The SMILES string of the molecule is Cc1nc(/C=C/C(=O)NC2CCCCC2(C)C(=O)O)cs1. The first-order valence-electron chi connectivity index (χ1n) is 7.06. The van der Waals surface area contributed by atoms with Crippen LogP contribution < -0.4 is 5.32 Å². The van der Waals surface area contributed by atoms with Gasteiger partial charge in [0.05, 0.1) is 16.1 Å². The maximum absolute atomic E-state index is 12.0. The molecule has 1 amide bonds. The molecule has 0 aromatic carbocycles. The van der Waals surface area contributed by atoms with Crippen LogP contribution in [-0.2, 0) is 9.59 Å². The van der Waals surface area contributed by atoms with Crippen molar-refractivity contribution in [2.24, 2.45) is 5.41 Å². The second-order valence-electron chi connectivity index (χ2n) is 5.65. The fraction of sp³-hybridized carbons (Fsp3) is 0.533. The average Bonchev–Trinajstić information content (AvgIpc) is 2.85. The van der Waals surface area contributed by atoms with Crippen LogP contribution in [0.3, 0.4) is 0 Å². The van der Waals surface area contributed by atoms with Gasteiger partial charge in [0.15, 0.2) is 0 Å². The van der Waals surface area contributed by atoms with E-state index >= 15 is 0 Å². The van der Waals surface area contributed by atoms with Gasteiger partial charge in [-0.1, -0.05) is 12.8 Å².